The number of methoxy groups -OCH3 is 1. The van der Waals surface area contributed by atoms with Crippen molar-refractivity contribution in [2.45, 2.75) is 25.9 Å². The molecule has 0 saturated heterocycles. The molecule has 0 bridgehead atoms. The molecule has 0 radical (unpaired) electrons. The number of primary amides is 1. The van der Waals surface area contributed by atoms with Crippen molar-refractivity contribution in [3.63, 3.8) is 0 Å². The van der Waals surface area contributed by atoms with Crippen LogP contribution in [0.5, 0.6) is 0 Å². The number of ether oxygens (including phenoxy) is 2. The Labute approximate surface area is 84.9 Å². The molecule has 0 aliphatic heterocycles. The van der Waals surface area contributed by atoms with E-state index in [9.17, 15) is 4.79 Å². The van der Waals surface area contributed by atoms with Gasteiger partial charge in [-0.3, -0.25) is 10.1 Å². The van der Waals surface area contributed by atoms with Gasteiger partial charge in [0.1, 0.15) is 6.04 Å². The number of carbonyl (C=O) groups excluding carboxylic acids is 1. The van der Waals surface area contributed by atoms with Gasteiger partial charge < -0.3 is 15.2 Å². The van der Waals surface area contributed by atoms with Gasteiger partial charge in [0.25, 0.3) is 0 Å². The van der Waals surface area contributed by atoms with Gasteiger partial charge in [-0.25, -0.2) is 0 Å². The molecule has 2 atom stereocenters. The number of nitrogens with two attached hydrogens (primary N) is 1. The maximum atomic E-state index is 10.9. The van der Waals surface area contributed by atoms with Crippen LogP contribution in [0.15, 0.2) is 0 Å². The fraction of sp³-hybridized carbons (Fsp3) is 0.889. The van der Waals surface area contributed by atoms with E-state index in [4.69, 9.17) is 15.2 Å². The van der Waals surface area contributed by atoms with E-state index in [0.717, 1.165) is 0 Å². The van der Waals surface area contributed by atoms with Crippen LogP contribution in [0, 0.1) is 0 Å². The molecule has 0 rings (SSSR count). The zero-order valence-electron chi connectivity index (χ0n) is 9.08. The average molecular weight is 204 g/mol. The Morgan fingerprint density at radius 2 is 2.14 bits per heavy atom. The molecule has 0 aliphatic carbocycles. The first-order chi connectivity index (χ1) is 6.61. The van der Waals surface area contributed by atoms with Crippen LogP contribution in [0.3, 0.4) is 0 Å². The number of hydrogen-bond acceptors (Lipinski definition) is 4. The third-order valence-corrected chi connectivity index (χ3v) is 1.73. The Balaban J connectivity index is 3.83. The molecule has 0 aromatic heterocycles. The predicted molar refractivity (Wildman–Crippen MR) is 53.9 cm³/mol. The first kappa shape index (κ1) is 13.4. The SMILES string of the molecule is CCOCC(C)NC(COC)C(N)=O. The molecule has 3 N–H and O–H groups in total. The fourth-order valence-corrected chi connectivity index (χ4v) is 1.07. The maximum absolute atomic E-state index is 10.9. The van der Waals surface area contributed by atoms with E-state index in [1.165, 1.54) is 7.11 Å². The molecule has 14 heavy (non-hydrogen) atoms. The lowest BCUT2D eigenvalue weighted by Crippen LogP contribution is -2.49. The Kier molecular flexibility index (Phi) is 7.37. The summed E-state index contributed by atoms with van der Waals surface area (Å²) in [5.74, 6) is -0.407. The van der Waals surface area contributed by atoms with Crippen LogP contribution in [0.4, 0.5) is 0 Å². The van der Waals surface area contributed by atoms with E-state index < -0.39 is 11.9 Å². The van der Waals surface area contributed by atoms with Gasteiger partial charge in [0, 0.05) is 19.8 Å². The smallest absolute Gasteiger partial charge is 0.236 e. The minimum Gasteiger partial charge on any atom is -0.383 e. The summed E-state index contributed by atoms with van der Waals surface area (Å²) in [6.07, 6.45) is 0. The van der Waals surface area contributed by atoms with Gasteiger partial charge in [0.2, 0.25) is 5.91 Å². The van der Waals surface area contributed by atoms with Crippen LogP contribution >= 0.6 is 0 Å². The zero-order valence-corrected chi connectivity index (χ0v) is 9.08. The second-order valence-corrected chi connectivity index (χ2v) is 3.14. The van der Waals surface area contributed by atoms with Gasteiger partial charge in [-0.15, -0.1) is 0 Å². The van der Waals surface area contributed by atoms with Crippen molar-refractivity contribution < 1.29 is 14.3 Å². The normalized spacial score (nSPS) is 15.1. The fourth-order valence-electron chi connectivity index (χ4n) is 1.07. The Morgan fingerprint density at radius 3 is 2.57 bits per heavy atom. The lowest BCUT2D eigenvalue weighted by molar-refractivity contribution is -0.121. The van der Waals surface area contributed by atoms with Crippen molar-refractivity contribution >= 4 is 5.91 Å². The Hall–Kier alpha value is -0.650. The highest BCUT2D eigenvalue weighted by Gasteiger charge is 2.16. The molecule has 2 unspecified atom stereocenters. The summed E-state index contributed by atoms with van der Waals surface area (Å²) in [6, 6.07) is -0.363. The summed E-state index contributed by atoms with van der Waals surface area (Å²) < 4.78 is 10.1. The molecular weight excluding hydrogens is 184 g/mol. The molecule has 0 saturated carbocycles. The van der Waals surface area contributed by atoms with Gasteiger partial charge in [0.05, 0.1) is 13.2 Å². The maximum Gasteiger partial charge on any atom is 0.236 e. The van der Waals surface area contributed by atoms with Crippen molar-refractivity contribution in [2.75, 3.05) is 26.9 Å². The molecule has 0 aromatic rings. The monoisotopic (exact) mass is 204 g/mol. The number of nitrogens with one attached hydrogen (secondary N) is 1. The molecule has 5 nitrogen and oxygen atoms in total. The minimum atomic E-state index is -0.449. The van der Waals surface area contributed by atoms with Gasteiger partial charge >= 0.3 is 0 Å². The van der Waals surface area contributed by atoms with Crippen molar-refractivity contribution in [3.8, 4) is 0 Å². The second kappa shape index (κ2) is 7.73. The summed E-state index contributed by atoms with van der Waals surface area (Å²) in [4.78, 5) is 10.9. The van der Waals surface area contributed by atoms with Crippen LogP contribution in [-0.4, -0.2) is 44.9 Å². The van der Waals surface area contributed by atoms with Crippen molar-refractivity contribution in [2.24, 2.45) is 5.73 Å². The molecule has 0 spiro atoms. The van der Waals surface area contributed by atoms with Crippen LogP contribution < -0.4 is 11.1 Å². The summed E-state index contributed by atoms with van der Waals surface area (Å²) in [5, 5.41) is 3.03. The number of carbonyl (C=O) groups is 1. The van der Waals surface area contributed by atoms with Crippen LogP contribution in [0.25, 0.3) is 0 Å². The molecule has 84 valence electrons. The summed E-state index contributed by atoms with van der Waals surface area (Å²) in [5.41, 5.74) is 5.18. The molecule has 0 aromatic carbocycles. The highest BCUT2D eigenvalue weighted by atomic mass is 16.5. The largest absolute Gasteiger partial charge is 0.383 e. The molecule has 0 fully saturated rings. The first-order valence-corrected chi connectivity index (χ1v) is 4.73. The van der Waals surface area contributed by atoms with Gasteiger partial charge in [0.15, 0.2) is 0 Å². The van der Waals surface area contributed by atoms with Gasteiger partial charge in [-0.1, -0.05) is 0 Å². The van der Waals surface area contributed by atoms with Gasteiger partial charge in [-0.05, 0) is 13.8 Å². The van der Waals surface area contributed by atoms with Crippen molar-refractivity contribution in [1.82, 2.24) is 5.32 Å². The Morgan fingerprint density at radius 1 is 1.50 bits per heavy atom. The topological polar surface area (TPSA) is 73.6 Å². The van der Waals surface area contributed by atoms with E-state index in [1.54, 1.807) is 0 Å². The standard InChI is InChI=1S/C9H20N2O3/c1-4-14-5-7(2)11-8(6-13-3)9(10)12/h7-8,11H,4-6H2,1-3H3,(H2,10,12). The molecule has 0 aliphatic rings. The number of rotatable bonds is 8. The molecule has 1 amide bonds. The first-order valence-electron chi connectivity index (χ1n) is 4.73. The minimum absolute atomic E-state index is 0.0857. The molecule has 5 heteroatoms. The van der Waals surface area contributed by atoms with Crippen LogP contribution in [0.2, 0.25) is 0 Å². The van der Waals surface area contributed by atoms with Crippen molar-refractivity contribution in [3.05, 3.63) is 0 Å². The zero-order chi connectivity index (χ0) is 11.0. The molecule has 0 heterocycles. The summed E-state index contributed by atoms with van der Waals surface area (Å²) in [7, 11) is 1.53. The van der Waals surface area contributed by atoms with Crippen LogP contribution in [0.1, 0.15) is 13.8 Å². The number of hydrogen-bond donors (Lipinski definition) is 2. The number of amides is 1. The van der Waals surface area contributed by atoms with E-state index in [1.807, 2.05) is 13.8 Å². The van der Waals surface area contributed by atoms with Crippen molar-refractivity contribution in [1.29, 1.82) is 0 Å². The second-order valence-electron chi connectivity index (χ2n) is 3.14. The molecular formula is C9H20N2O3. The summed E-state index contributed by atoms with van der Waals surface area (Å²) >= 11 is 0. The third kappa shape index (κ3) is 5.90. The van der Waals surface area contributed by atoms with E-state index in [-0.39, 0.29) is 12.6 Å². The van der Waals surface area contributed by atoms with E-state index in [2.05, 4.69) is 5.32 Å². The third-order valence-electron chi connectivity index (χ3n) is 1.73. The Bertz CT molecular complexity index is 164. The highest BCUT2D eigenvalue weighted by molar-refractivity contribution is 5.80. The van der Waals surface area contributed by atoms with Crippen LogP contribution in [-0.2, 0) is 14.3 Å². The average Bonchev–Trinajstić information content (AvgIpc) is 2.14. The quantitative estimate of drug-likeness (QED) is 0.559. The summed E-state index contributed by atoms with van der Waals surface area (Å²) in [6.45, 7) is 5.36. The highest BCUT2D eigenvalue weighted by Crippen LogP contribution is 1.90. The lowest BCUT2D eigenvalue weighted by Gasteiger charge is -2.19. The predicted octanol–water partition coefficient (Wildman–Crippen LogP) is -0.499. The van der Waals surface area contributed by atoms with Gasteiger partial charge in [-0.2, -0.15) is 0 Å². The lowest BCUT2D eigenvalue weighted by atomic mass is 10.2. The van der Waals surface area contributed by atoms with E-state index in [0.29, 0.717) is 13.2 Å². The van der Waals surface area contributed by atoms with E-state index >= 15 is 0 Å².